The van der Waals surface area contributed by atoms with E-state index < -0.39 is 60.1 Å². The quantitative estimate of drug-likeness (QED) is 0.162. The summed E-state index contributed by atoms with van der Waals surface area (Å²) in [6.45, 7) is 2.58. The first-order chi connectivity index (χ1) is 16.0. The lowest BCUT2D eigenvalue weighted by Crippen LogP contribution is -2.60. The van der Waals surface area contributed by atoms with Gasteiger partial charge in [0.05, 0.1) is 12.2 Å². The summed E-state index contributed by atoms with van der Waals surface area (Å²) in [6, 6.07) is 3.68. The van der Waals surface area contributed by atoms with E-state index in [1.807, 2.05) is 6.26 Å². The van der Waals surface area contributed by atoms with Crippen molar-refractivity contribution in [1.29, 1.82) is 0 Å². The van der Waals surface area contributed by atoms with Gasteiger partial charge in [-0.3, -0.25) is 14.4 Å². The Hall–Kier alpha value is -2.67. The van der Waals surface area contributed by atoms with Gasteiger partial charge in [-0.25, -0.2) is 4.79 Å². The van der Waals surface area contributed by atoms with Crippen LogP contribution in [0, 0.1) is 0 Å². The van der Waals surface area contributed by atoms with Gasteiger partial charge in [-0.15, -0.1) is 0 Å². The number of carbonyl (C=O) groups is 4. The molecule has 8 N–H and O–H groups in total. The smallest absolute Gasteiger partial charge is 0.326 e. The molecule has 1 aromatic carbocycles. The molecule has 1 rings (SSSR count). The highest BCUT2D eigenvalue weighted by Gasteiger charge is 2.33. The molecule has 0 spiro atoms. The first kappa shape index (κ1) is 29.4. The molecule has 0 aromatic heterocycles. The molecule has 0 aliphatic heterocycles. The van der Waals surface area contributed by atoms with E-state index in [0.29, 0.717) is 11.3 Å². The van der Waals surface area contributed by atoms with E-state index in [-0.39, 0.29) is 12.8 Å². The third-order valence-corrected chi connectivity index (χ3v) is 5.67. The monoisotopic (exact) mass is 498 g/mol. The molecule has 12 heteroatoms. The van der Waals surface area contributed by atoms with Crippen molar-refractivity contribution in [3.63, 3.8) is 0 Å². The number of thioether (sulfide) groups is 1. The van der Waals surface area contributed by atoms with E-state index in [9.17, 15) is 34.5 Å². The average Bonchev–Trinajstić information content (AvgIpc) is 2.78. The first-order valence-corrected chi connectivity index (χ1v) is 12.2. The van der Waals surface area contributed by atoms with E-state index in [2.05, 4.69) is 16.0 Å². The summed E-state index contributed by atoms with van der Waals surface area (Å²) in [4.78, 5) is 49.6. The lowest BCUT2D eigenvalue weighted by atomic mass is 10.0. The van der Waals surface area contributed by atoms with Gasteiger partial charge < -0.3 is 37.0 Å². The number of amides is 3. The van der Waals surface area contributed by atoms with Gasteiger partial charge in [0.1, 0.15) is 24.2 Å². The maximum Gasteiger partial charge on any atom is 0.326 e. The van der Waals surface area contributed by atoms with Crippen molar-refractivity contribution in [1.82, 2.24) is 16.0 Å². The van der Waals surface area contributed by atoms with Crippen LogP contribution in [0.15, 0.2) is 30.3 Å². The minimum Gasteiger partial charge on any atom is -0.480 e. The Balaban J connectivity index is 2.96. The summed E-state index contributed by atoms with van der Waals surface area (Å²) >= 11 is 1.42. The van der Waals surface area contributed by atoms with Crippen LogP contribution in [0.2, 0.25) is 0 Å². The van der Waals surface area contributed by atoms with Crippen LogP contribution < -0.4 is 21.7 Å². The van der Waals surface area contributed by atoms with Gasteiger partial charge in [-0.1, -0.05) is 30.3 Å². The number of nitrogens with two attached hydrogens (primary N) is 1. The molecule has 0 saturated heterocycles. The third-order valence-electron chi connectivity index (χ3n) is 5.03. The van der Waals surface area contributed by atoms with Crippen molar-refractivity contribution < 1.29 is 34.5 Å². The predicted octanol–water partition coefficient (Wildman–Crippen LogP) is -1.39. The van der Waals surface area contributed by atoms with Crippen LogP contribution in [-0.2, 0) is 25.6 Å². The molecule has 3 amide bonds. The molecule has 0 heterocycles. The Labute approximate surface area is 202 Å². The van der Waals surface area contributed by atoms with Gasteiger partial charge in [0, 0.05) is 6.42 Å². The molecule has 11 nitrogen and oxygen atoms in total. The fourth-order valence-electron chi connectivity index (χ4n) is 2.96. The zero-order chi connectivity index (χ0) is 25.8. The highest BCUT2D eigenvalue weighted by molar-refractivity contribution is 7.98. The standard InChI is InChI=1S/C22H34N4O7S/c1-12(27)17(23)20(30)26-18(13(2)28)21(31)24-15(9-10-34-3)19(29)25-16(22(32)33)11-14-7-5-4-6-8-14/h4-8,12-13,15-18,27-28H,9-11,23H2,1-3H3,(H,24,31)(H,25,29)(H,26,30)(H,32,33). The fraction of sp³-hybridized carbons (Fsp3) is 0.545. The van der Waals surface area contributed by atoms with Gasteiger partial charge in [0.25, 0.3) is 0 Å². The largest absolute Gasteiger partial charge is 0.480 e. The van der Waals surface area contributed by atoms with Crippen LogP contribution in [0.5, 0.6) is 0 Å². The van der Waals surface area contributed by atoms with Gasteiger partial charge in [-0.2, -0.15) is 11.8 Å². The molecule has 190 valence electrons. The van der Waals surface area contributed by atoms with Crippen LogP contribution in [-0.4, -0.2) is 87.4 Å². The first-order valence-electron chi connectivity index (χ1n) is 10.8. The number of nitrogens with one attached hydrogen (secondary N) is 3. The van der Waals surface area contributed by atoms with E-state index in [1.165, 1.54) is 25.6 Å². The van der Waals surface area contributed by atoms with Crippen molar-refractivity contribution in [2.24, 2.45) is 5.73 Å². The Kier molecular flexibility index (Phi) is 12.6. The molecular weight excluding hydrogens is 464 g/mol. The van der Waals surface area contributed by atoms with Crippen molar-refractivity contribution in [2.75, 3.05) is 12.0 Å². The molecule has 0 aliphatic rings. The number of carboxylic acids is 1. The Morgan fingerprint density at radius 3 is 2.00 bits per heavy atom. The summed E-state index contributed by atoms with van der Waals surface area (Å²) in [5.41, 5.74) is 6.29. The molecule has 34 heavy (non-hydrogen) atoms. The van der Waals surface area contributed by atoms with Crippen LogP contribution in [0.4, 0.5) is 0 Å². The summed E-state index contributed by atoms with van der Waals surface area (Å²) in [6.07, 6.45) is -0.476. The second-order valence-corrected chi connectivity index (χ2v) is 8.91. The van der Waals surface area contributed by atoms with Crippen molar-refractivity contribution in [3.8, 4) is 0 Å². The normalized spacial score (nSPS) is 16.3. The maximum absolute atomic E-state index is 12.9. The van der Waals surface area contributed by atoms with Crippen LogP contribution >= 0.6 is 11.8 Å². The second-order valence-electron chi connectivity index (χ2n) is 7.93. The number of aliphatic carboxylic acids is 1. The van der Waals surface area contributed by atoms with Gasteiger partial charge in [0.2, 0.25) is 17.7 Å². The van der Waals surface area contributed by atoms with Crippen LogP contribution in [0.25, 0.3) is 0 Å². The number of hydrogen-bond acceptors (Lipinski definition) is 8. The van der Waals surface area contributed by atoms with E-state index >= 15 is 0 Å². The maximum atomic E-state index is 12.9. The number of carbonyl (C=O) groups excluding carboxylic acids is 3. The molecule has 0 radical (unpaired) electrons. The molecule has 6 unspecified atom stereocenters. The summed E-state index contributed by atoms with van der Waals surface area (Å²) in [5.74, 6) is -3.16. The predicted molar refractivity (Wildman–Crippen MR) is 128 cm³/mol. The van der Waals surface area contributed by atoms with Crippen LogP contribution in [0.1, 0.15) is 25.8 Å². The Bertz CT molecular complexity index is 823. The number of benzene rings is 1. The highest BCUT2D eigenvalue weighted by Crippen LogP contribution is 2.07. The molecule has 0 bridgehead atoms. The third kappa shape index (κ3) is 9.67. The average molecular weight is 499 g/mol. The van der Waals surface area contributed by atoms with Gasteiger partial charge >= 0.3 is 5.97 Å². The number of aliphatic hydroxyl groups excluding tert-OH is 2. The number of hydrogen-bond donors (Lipinski definition) is 7. The van der Waals surface area contributed by atoms with Crippen molar-refractivity contribution in [2.45, 2.75) is 63.1 Å². The fourth-order valence-corrected chi connectivity index (χ4v) is 3.43. The lowest BCUT2D eigenvalue weighted by Gasteiger charge is -2.26. The van der Waals surface area contributed by atoms with Gasteiger partial charge in [0.15, 0.2) is 0 Å². The Morgan fingerprint density at radius 1 is 0.912 bits per heavy atom. The zero-order valence-electron chi connectivity index (χ0n) is 19.4. The molecular formula is C22H34N4O7S. The highest BCUT2D eigenvalue weighted by atomic mass is 32.2. The van der Waals surface area contributed by atoms with Crippen molar-refractivity contribution in [3.05, 3.63) is 35.9 Å². The van der Waals surface area contributed by atoms with E-state index in [1.54, 1.807) is 30.3 Å². The number of rotatable bonds is 14. The zero-order valence-corrected chi connectivity index (χ0v) is 20.2. The molecule has 0 fully saturated rings. The second kappa shape index (κ2) is 14.6. The van der Waals surface area contributed by atoms with Gasteiger partial charge in [-0.05, 0) is 37.8 Å². The van der Waals surface area contributed by atoms with Crippen molar-refractivity contribution >= 4 is 35.5 Å². The number of carboxylic acid groups (broad SMARTS) is 1. The number of aliphatic hydroxyl groups is 2. The summed E-state index contributed by atoms with van der Waals surface area (Å²) in [7, 11) is 0. The minimum absolute atomic E-state index is 0.0503. The summed E-state index contributed by atoms with van der Waals surface area (Å²) < 4.78 is 0. The molecule has 0 saturated carbocycles. The summed E-state index contributed by atoms with van der Waals surface area (Å²) in [5, 5.41) is 36.2. The lowest BCUT2D eigenvalue weighted by molar-refractivity contribution is -0.142. The molecule has 6 atom stereocenters. The molecule has 1 aromatic rings. The van der Waals surface area contributed by atoms with E-state index in [0.717, 1.165) is 0 Å². The van der Waals surface area contributed by atoms with Crippen LogP contribution in [0.3, 0.4) is 0 Å². The topological polar surface area (TPSA) is 191 Å². The molecule has 0 aliphatic carbocycles. The Morgan fingerprint density at radius 2 is 1.50 bits per heavy atom. The minimum atomic E-state index is -1.44. The SMILES string of the molecule is CSCCC(NC(=O)C(NC(=O)C(N)C(C)O)C(C)O)C(=O)NC(Cc1ccccc1)C(=O)O. The van der Waals surface area contributed by atoms with E-state index in [4.69, 9.17) is 5.73 Å².